The molecule has 0 radical (unpaired) electrons. The lowest BCUT2D eigenvalue weighted by molar-refractivity contribution is 0.585. The van der Waals surface area contributed by atoms with Crippen LogP contribution in [-0.2, 0) is 9.84 Å². The Morgan fingerprint density at radius 3 is 2.38 bits per heavy atom. The lowest BCUT2D eigenvalue weighted by Gasteiger charge is -2.13. The summed E-state index contributed by atoms with van der Waals surface area (Å²) in [7, 11) is -3.39. The summed E-state index contributed by atoms with van der Waals surface area (Å²) in [5.41, 5.74) is 6.00. The predicted molar refractivity (Wildman–Crippen MR) is 78.3 cm³/mol. The fourth-order valence-corrected chi connectivity index (χ4v) is 2.45. The topological polar surface area (TPSA) is 72.2 Å². The van der Waals surface area contributed by atoms with E-state index in [-0.39, 0.29) is 27.5 Å². The summed E-state index contributed by atoms with van der Waals surface area (Å²) in [5, 5.41) is 2.56. The number of nitrogens with one attached hydrogen (secondary N) is 1. The Kier molecular flexibility index (Phi) is 3.87. The van der Waals surface area contributed by atoms with Crippen molar-refractivity contribution in [3.05, 3.63) is 47.5 Å². The van der Waals surface area contributed by atoms with Crippen molar-refractivity contribution in [1.82, 2.24) is 0 Å². The first-order valence-electron chi connectivity index (χ1n) is 6.01. The second-order valence-electron chi connectivity index (χ2n) is 4.70. The molecule has 0 aliphatic rings. The van der Waals surface area contributed by atoms with E-state index in [1.165, 1.54) is 31.2 Å². The Hall–Kier alpha value is -2.15. The third-order valence-electron chi connectivity index (χ3n) is 3.00. The summed E-state index contributed by atoms with van der Waals surface area (Å²) in [6.07, 6.45) is 1.05. The van der Waals surface area contributed by atoms with Crippen LogP contribution in [0.1, 0.15) is 5.56 Å². The molecule has 0 amide bonds. The maximum Gasteiger partial charge on any atom is 0.175 e. The average molecular weight is 312 g/mol. The Bertz CT molecular complexity index is 805. The van der Waals surface area contributed by atoms with E-state index in [1.54, 1.807) is 0 Å². The molecular formula is C14H14F2N2O2S. The maximum absolute atomic E-state index is 13.9. The van der Waals surface area contributed by atoms with Gasteiger partial charge in [0.05, 0.1) is 16.3 Å². The van der Waals surface area contributed by atoms with Crippen molar-refractivity contribution in [3.8, 4) is 0 Å². The number of anilines is 3. The van der Waals surface area contributed by atoms with Crippen LogP contribution < -0.4 is 11.1 Å². The summed E-state index contributed by atoms with van der Waals surface area (Å²) in [5.74, 6) is -1.48. The molecule has 2 aromatic carbocycles. The van der Waals surface area contributed by atoms with Gasteiger partial charge in [-0.3, -0.25) is 0 Å². The van der Waals surface area contributed by atoms with Crippen molar-refractivity contribution in [2.24, 2.45) is 0 Å². The molecule has 0 saturated carbocycles. The van der Waals surface area contributed by atoms with E-state index in [9.17, 15) is 17.2 Å². The summed E-state index contributed by atoms with van der Waals surface area (Å²) >= 11 is 0. The number of nitrogen functional groups attached to an aromatic ring is 1. The van der Waals surface area contributed by atoms with Gasteiger partial charge in [0.2, 0.25) is 0 Å². The molecule has 0 aliphatic carbocycles. The second kappa shape index (κ2) is 5.33. The van der Waals surface area contributed by atoms with Crippen LogP contribution in [0.25, 0.3) is 0 Å². The van der Waals surface area contributed by atoms with Crippen LogP contribution >= 0.6 is 0 Å². The molecule has 2 aromatic rings. The van der Waals surface area contributed by atoms with Crippen LogP contribution in [0.3, 0.4) is 0 Å². The van der Waals surface area contributed by atoms with E-state index in [4.69, 9.17) is 5.73 Å². The average Bonchev–Trinajstić information content (AvgIpc) is 2.39. The van der Waals surface area contributed by atoms with Gasteiger partial charge < -0.3 is 11.1 Å². The third kappa shape index (κ3) is 3.13. The van der Waals surface area contributed by atoms with E-state index >= 15 is 0 Å². The van der Waals surface area contributed by atoms with E-state index in [1.807, 2.05) is 0 Å². The van der Waals surface area contributed by atoms with Crippen molar-refractivity contribution in [1.29, 1.82) is 0 Å². The smallest absolute Gasteiger partial charge is 0.175 e. The Labute approximate surface area is 121 Å². The van der Waals surface area contributed by atoms with Gasteiger partial charge in [0.1, 0.15) is 11.5 Å². The predicted octanol–water partition coefficient (Wildman–Crippen LogP) is 3.00. The summed E-state index contributed by atoms with van der Waals surface area (Å²) in [6, 6.07) is 6.39. The van der Waals surface area contributed by atoms with Crippen LogP contribution in [0.2, 0.25) is 0 Å². The first-order valence-corrected chi connectivity index (χ1v) is 7.90. The fourth-order valence-electron chi connectivity index (χ4n) is 1.79. The van der Waals surface area contributed by atoms with Crippen LogP contribution in [0.15, 0.2) is 35.2 Å². The SMILES string of the molecule is Cc1ccc(F)c(Nc2ccc(S(C)(=O)=O)cc2N)c1F. The molecular weight excluding hydrogens is 298 g/mol. The highest BCUT2D eigenvalue weighted by atomic mass is 32.2. The highest BCUT2D eigenvalue weighted by Crippen LogP contribution is 2.30. The van der Waals surface area contributed by atoms with E-state index in [0.29, 0.717) is 0 Å². The molecule has 2 rings (SSSR count). The van der Waals surface area contributed by atoms with Crippen molar-refractivity contribution in [2.75, 3.05) is 17.3 Å². The number of hydrogen-bond donors (Lipinski definition) is 2. The largest absolute Gasteiger partial charge is 0.397 e. The molecule has 0 atom stereocenters. The molecule has 7 heteroatoms. The molecule has 112 valence electrons. The maximum atomic E-state index is 13.9. The summed E-state index contributed by atoms with van der Waals surface area (Å²) in [4.78, 5) is 0.0377. The number of benzene rings is 2. The van der Waals surface area contributed by atoms with Gasteiger partial charge in [0, 0.05) is 6.26 Å². The van der Waals surface area contributed by atoms with E-state index in [2.05, 4.69) is 5.32 Å². The number of sulfone groups is 1. The van der Waals surface area contributed by atoms with Crippen molar-refractivity contribution in [3.63, 3.8) is 0 Å². The minimum Gasteiger partial charge on any atom is -0.397 e. The fraction of sp³-hybridized carbons (Fsp3) is 0.143. The Balaban J connectivity index is 2.44. The standard InChI is InChI=1S/C14H14F2N2O2S/c1-8-3-5-10(15)14(13(8)16)18-12-6-4-9(7-11(12)17)21(2,19)20/h3-7,18H,17H2,1-2H3. The summed E-state index contributed by atoms with van der Waals surface area (Å²) in [6.45, 7) is 1.51. The molecule has 0 bridgehead atoms. The van der Waals surface area contributed by atoms with Crippen molar-refractivity contribution < 1.29 is 17.2 Å². The van der Waals surface area contributed by atoms with Gasteiger partial charge in [0.25, 0.3) is 0 Å². The van der Waals surface area contributed by atoms with Crippen LogP contribution in [-0.4, -0.2) is 14.7 Å². The van der Waals surface area contributed by atoms with Gasteiger partial charge in [-0.05, 0) is 36.8 Å². The van der Waals surface area contributed by atoms with Crippen LogP contribution in [0.4, 0.5) is 25.8 Å². The molecule has 0 unspecified atom stereocenters. The zero-order chi connectivity index (χ0) is 15.8. The van der Waals surface area contributed by atoms with Crippen LogP contribution in [0.5, 0.6) is 0 Å². The molecule has 0 saturated heterocycles. The first kappa shape index (κ1) is 15.2. The number of nitrogens with two attached hydrogens (primary N) is 1. The first-order chi connectivity index (χ1) is 9.70. The highest BCUT2D eigenvalue weighted by molar-refractivity contribution is 7.90. The minimum atomic E-state index is -3.39. The van der Waals surface area contributed by atoms with Gasteiger partial charge in [-0.1, -0.05) is 6.07 Å². The van der Waals surface area contributed by atoms with Gasteiger partial charge in [-0.15, -0.1) is 0 Å². The molecule has 4 nitrogen and oxygen atoms in total. The zero-order valence-electron chi connectivity index (χ0n) is 11.4. The molecule has 0 aromatic heterocycles. The van der Waals surface area contributed by atoms with Crippen LogP contribution in [0, 0.1) is 18.6 Å². The van der Waals surface area contributed by atoms with E-state index in [0.717, 1.165) is 12.3 Å². The van der Waals surface area contributed by atoms with Gasteiger partial charge in [-0.2, -0.15) is 0 Å². The lowest BCUT2D eigenvalue weighted by atomic mass is 10.2. The molecule has 0 spiro atoms. The van der Waals surface area contributed by atoms with Gasteiger partial charge in [0.15, 0.2) is 15.7 Å². The normalized spacial score (nSPS) is 11.4. The Morgan fingerprint density at radius 2 is 1.81 bits per heavy atom. The lowest BCUT2D eigenvalue weighted by Crippen LogP contribution is -2.04. The minimum absolute atomic E-state index is 0.0377. The number of halogens is 2. The van der Waals surface area contributed by atoms with E-state index < -0.39 is 21.5 Å². The Morgan fingerprint density at radius 1 is 1.14 bits per heavy atom. The van der Waals surface area contributed by atoms with Gasteiger partial charge in [-0.25, -0.2) is 17.2 Å². The number of aryl methyl sites for hydroxylation is 1. The molecule has 21 heavy (non-hydrogen) atoms. The highest BCUT2D eigenvalue weighted by Gasteiger charge is 2.14. The third-order valence-corrected chi connectivity index (χ3v) is 4.11. The monoisotopic (exact) mass is 312 g/mol. The van der Waals surface area contributed by atoms with Crippen molar-refractivity contribution >= 4 is 26.9 Å². The molecule has 3 N–H and O–H groups in total. The second-order valence-corrected chi connectivity index (χ2v) is 6.72. The molecule has 0 aliphatic heterocycles. The zero-order valence-corrected chi connectivity index (χ0v) is 12.3. The number of rotatable bonds is 3. The molecule has 0 fully saturated rings. The quantitative estimate of drug-likeness (QED) is 0.855. The molecule has 0 heterocycles. The summed E-state index contributed by atoms with van der Waals surface area (Å²) < 4.78 is 50.4. The van der Waals surface area contributed by atoms with Gasteiger partial charge >= 0.3 is 0 Å². The van der Waals surface area contributed by atoms with Crippen molar-refractivity contribution in [2.45, 2.75) is 11.8 Å². The number of hydrogen-bond acceptors (Lipinski definition) is 4.